The Bertz CT molecular complexity index is 1800. The van der Waals surface area contributed by atoms with Gasteiger partial charge in [-0.25, -0.2) is 4.90 Å². The molecule has 1 spiro atoms. The molecule has 0 aliphatic carbocycles. The monoisotopic (exact) mass is 567 g/mol. The van der Waals surface area contributed by atoms with E-state index in [0.29, 0.717) is 34.1 Å². The topological polar surface area (TPSA) is 123 Å². The van der Waals surface area contributed by atoms with E-state index < -0.39 is 35.2 Å². The number of hydrogen-bond donors (Lipinski definition) is 4. The van der Waals surface area contributed by atoms with Crippen molar-refractivity contribution < 1.29 is 19.2 Å². The summed E-state index contributed by atoms with van der Waals surface area (Å²) in [6.45, 7) is 3.28. The first kappa shape index (κ1) is 25.5. The molecule has 206 valence electrons. The van der Waals surface area contributed by atoms with Crippen LogP contribution in [-0.2, 0) is 31.1 Å². The molecule has 0 saturated carbocycles. The minimum atomic E-state index is -1.47. The average Bonchev–Trinajstić information content (AvgIpc) is 3.64. The van der Waals surface area contributed by atoms with Crippen LogP contribution < -0.4 is 20.9 Å². The fraction of sp³-hybridized carbons (Fsp3) is 0.226. The highest BCUT2D eigenvalue weighted by molar-refractivity contribution is 6.35. The number of aryl methyl sites for hydroxylation is 1. The molecule has 3 aliphatic rings. The Morgan fingerprint density at radius 3 is 2.56 bits per heavy atom. The number of hydrogen-bond acceptors (Lipinski definition) is 5. The third-order valence-corrected chi connectivity index (χ3v) is 8.78. The van der Waals surface area contributed by atoms with Crippen LogP contribution in [0, 0.1) is 18.8 Å². The molecule has 3 aromatic carbocycles. The summed E-state index contributed by atoms with van der Waals surface area (Å²) in [4.78, 5) is 58.3. The Balaban J connectivity index is 1.35. The number of carbonyl (C=O) groups excluding carboxylic acids is 4. The smallest absolute Gasteiger partial charge is 0.250 e. The minimum absolute atomic E-state index is 0.228. The van der Waals surface area contributed by atoms with E-state index in [2.05, 4.69) is 20.9 Å². The Kier molecular flexibility index (Phi) is 5.61. The van der Waals surface area contributed by atoms with Crippen molar-refractivity contribution in [2.24, 2.45) is 11.8 Å². The lowest BCUT2D eigenvalue weighted by molar-refractivity contribution is -0.130. The van der Waals surface area contributed by atoms with Crippen molar-refractivity contribution in [2.75, 3.05) is 15.5 Å². The fourth-order valence-corrected chi connectivity index (χ4v) is 7.18. The number of halogens is 1. The standard InChI is InChI=1S/C31H26ClN5O4/c1-15-11-21-27(22(32)12-15)35-30(41)31(21)26-25(24(36-31)13-17-14-33-23-6-4-3-5-20(17)23)28(39)37(29(26)40)19-9-7-18(8-10-19)34-16(2)38/h3-12,14,24-26,33,36H,13H2,1-2H3,(H,34,38)(H,35,41)/t24?,25-,26+,31?/m1/s1. The predicted molar refractivity (Wildman–Crippen MR) is 156 cm³/mol. The molecule has 4 N–H and O–H groups in total. The van der Waals surface area contributed by atoms with Crippen molar-refractivity contribution in [3.63, 3.8) is 0 Å². The van der Waals surface area contributed by atoms with Crippen molar-refractivity contribution in [2.45, 2.75) is 31.8 Å². The van der Waals surface area contributed by atoms with Crippen LogP contribution in [0.15, 0.2) is 66.9 Å². The molecule has 2 saturated heterocycles. The lowest BCUT2D eigenvalue weighted by Crippen LogP contribution is -2.53. The molecule has 9 nitrogen and oxygen atoms in total. The van der Waals surface area contributed by atoms with Gasteiger partial charge in [-0.15, -0.1) is 0 Å². The molecule has 0 radical (unpaired) electrons. The van der Waals surface area contributed by atoms with Crippen LogP contribution in [-0.4, -0.2) is 34.7 Å². The van der Waals surface area contributed by atoms with Crippen molar-refractivity contribution in [1.29, 1.82) is 0 Å². The highest BCUT2D eigenvalue weighted by Crippen LogP contribution is 2.55. The number of nitrogens with one attached hydrogen (secondary N) is 4. The van der Waals surface area contributed by atoms with Gasteiger partial charge < -0.3 is 15.6 Å². The van der Waals surface area contributed by atoms with Gasteiger partial charge in [-0.05, 0) is 60.9 Å². The van der Waals surface area contributed by atoms with Gasteiger partial charge in [0.05, 0.1) is 28.2 Å². The van der Waals surface area contributed by atoms with Crippen molar-refractivity contribution >= 4 is 63.2 Å². The first-order valence-corrected chi connectivity index (χ1v) is 13.8. The van der Waals surface area contributed by atoms with Crippen LogP contribution in [0.3, 0.4) is 0 Å². The van der Waals surface area contributed by atoms with E-state index >= 15 is 0 Å². The summed E-state index contributed by atoms with van der Waals surface area (Å²) in [7, 11) is 0. The summed E-state index contributed by atoms with van der Waals surface area (Å²) in [6, 6.07) is 17.5. The Morgan fingerprint density at radius 2 is 1.80 bits per heavy atom. The van der Waals surface area contributed by atoms with Crippen molar-refractivity contribution in [3.8, 4) is 0 Å². The van der Waals surface area contributed by atoms with Gasteiger partial charge in [0.25, 0.3) is 0 Å². The van der Waals surface area contributed by atoms with Gasteiger partial charge in [0.15, 0.2) is 0 Å². The van der Waals surface area contributed by atoms with Gasteiger partial charge in [-0.3, -0.25) is 24.5 Å². The van der Waals surface area contributed by atoms with E-state index in [4.69, 9.17) is 11.6 Å². The Labute approximate surface area is 240 Å². The summed E-state index contributed by atoms with van der Waals surface area (Å²) in [5, 5.41) is 10.5. The maximum atomic E-state index is 14.3. The molecule has 10 heteroatoms. The maximum Gasteiger partial charge on any atom is 0.250 e. The number of aromatic nitrogens is 1. The Hall–Kier alpha value is -4.47. The lowest BCUT2D eigenvalue weighted by Gasteiger charge is -2.30. The molecule has 4 amide bonds. The zero-order valence-electron chi connectivity index (χ0n) is 22.2. The molecular weight excluding hydrogens is 542 g/mol. The third kappa shape index (κ3) is 3.66. The largest absolute Gasteiger partial charge is 0.361 e. The summed E-state index contributed by atoms with van der Waals surface area (Å²) < 4.78 is 0. The minimum Gasteiger partial charge on any atom is -0.361 e. The van der Waals surface area contributed by atoms with E-state index in [9.17, 15) is 19.2 Å². The first-order chi connectivity index (χ1) is 19.7. The van der Waals surface area contributed by atoms with Crippen LogP contribution in [0.5, 0.6) is 0 Å². The molecule has 41 heavy (non-hydrogen) atoms. The first-order valence-electron chi connectivity index (χ1n) is 13.4. The van der Waals surface area contributed by atoms with E-state index in [1.54, 1.807) is 30.3 Å². The molecule has 1 aromatic heterocycles. The quantitative estimate of drug-likeness (QED) is 0.274. The second-order valence-electron chi connectivity index (χ2n) is 11.0. The number of fused-ring (bicyclic) bond motifs is 5. The van der Waals surface area contributed by atoms with Crippen molar-refractivity contribution in [1.82, 2.24) is 10.3 Å². The SMILES string of the molecule is CC(=O)Nc1ccc(N2C(=O)[C@@H]3C(Cc4c[nH]c5ccccc45)NC4(C(=O)Nc5c(Cl)cc(C)cc54)[C@@H]3C2=O)cc1. The fourth-order valence-electron chi connectivity index (χ4n) is 6.86. The molecular formula is C31H26ClN5O4. The normalized spacial score (nSPS) is 24.7. The maximum absolute atomic E-state index is 14.3. The van der Waals surface area contributed by atoms with E-state index in [1.807, 2.05) is 43.5 Å². The van der Waals surface area contributed by atoms with Crippen LogP contribution >= 0.6 is 11.6 Å². The van der Waals surface area contributed by atoms with Crippen LogP contribution in [0.2, 0.25) is 5.02 Å². The number of rotatable bonds is 4. The number of benzene rings is 3. The van der Waals surface area contributed by atoms with E-state index in [1.165, 1.54) is 11.8 Å². The van der Waals surface area contributed by atoms with Gasteiger partial charge in [-0.1, -0.05) is 35.9 Å². The lowest BCUT2D eigenvalue weighted by atomic mass is 9.76. The third-order valence-electron chi connectivity index (χ3n) is 8.48. The van der Waals surface area contributed by atoms with Crippen LogP contribution in [0.25, 0.3) is 10.9 Å². The zero-order valence-corrected chi connectivity index (χ0v) is 23.0. The molecule has 0 bridgehead atoms. The van der Waals surface area contributed by atoms with Gasteiger partial charge in [0, 0.05) is 41.3 Å². The zero-order chi connectivity index (χ0) is 28.6. The van der Waals surface area contributed by atoms with Gasteiger partial charge >= 0.3 is 0 Å². The molecule has 2 fully saturated rings. The van der Waals surface area contributed by atoms with Gasteiger partial charge in [0.1, 0.15) is 5.54 Å². The summed E-state index contributed by atoms with van der Waals surface area (Å²) in [5.41, 5.74) is 3.28. The van der Waals surface area contributed by atoms with Gasteiger partial charge in [0.2, 0.25) is 23.6 Å². The van der Waals surface area contributed by atoms with Gasteiger partial charge in [-0.2, -0.15) is 0 Å². The number of carbonyl (C=O) groups is 4. The molecule has 4 heterocycles. The van der Waals surface area contributed by atoms with E-state index in [0.717, 1.165) is 22.0 Å². The second-order valence-corrected chi connectivity index (χ2v) is 11.4. The number of imide groups is 1. The second kappa shape index (κ2) is 9.02. The van der Waals surface area contributed by atoms with Crippen LogP contribution in [0.1, 0.15) is 23.6 Å². The van der Waals surface area contributed by atoms with Crippen molar-refractivity contribution in [3.05, 3.63) is 88.6 Å². The predicted octanol–water partition coefficient (Wildman–Crippen LogP) is 4.26. The molecule has 4 atom stereocenters. The molecule has 3 aliphatic heterocycles. The number of aromatic amines is 1. The van der Waals surface area contributed by atoms with E-state index in [-0.39, 0.29) is 11.8 Å². The van der Waals surface area contributed by atoms with Crippen LogP contribution in [0.4, 0.5) is 17.1 Å². The highest BCUT2D eigenvalue weighted by Gasteiger charge is 2.70. The number of para-hydroxylation sites is 1. The number of anilines is 3. The number of H-pyrrole nitrogens is 1. The number of nitrogens with zero attached hydrogens (tertiary/aromatic N) is 1. The highest BCUT2D eigenvalue weighted by atomic mass is 35.5. The molecule has 7 rings (SSSR count). The average molecular weight is 568 g/mol. The summed E-state index contributed by atoms with van der Waals surface area (Å²) in [6.07, 6.45) is 2.33. The number of amides is 4. The molecule has 2 unspecified atom stereocenters. The summed E-state index contributed by atoms with van der Waals surface area (Å²) >= 11 is 6.56. The Morgan fingerprint density at radius 1 is 1.05 bits per heavy atom. The molecule has 4 aromatic rings. The summed E-state index contributed by atoms with van der Waals surface area (Å²) in [5.74, 6) is -3.25.